The quantitative estimate of drug-likeness (QED) is 0.123. The number of piperidine rings is 1. The van der Waals surface area contributed by atoms with Gasteiger partial charge < -0.3 is 4.90 Å². The van der Waals surface area contributed by atoms with E-state index in [0.717, 1.165) is 41.5 Å². The Labute approximate surface area is 321 Å². The van der Waals surface area contributed by atoms with Crippen LogP contribution < -0.4 is 0 Å². The average molecular weight is 797 g/mol. The Bertz CT molecular complexity index is 2200. The Kier molecular flexibility index (Phi) is 9.89. The fraction of sp³-hybridized carbons (Fsp3) is 0.463. The first-order valence-corrected chi connectivity index (χ1v) is 19.6. The van der Waals surface area contributed by atoms with Crippen molar-refractivity contribution in [2.45, 2.75) is 103 Å². The number of hydrogen-bond acceptors (Lipinski definition) is 9. The third-order valence-corrected chi connectivity index (χ3v) is 12.1. The molecule has 3 fully saturated rings. The highest BCUT2D eigenvalue weighted by molar-refractivity contribution is 9.10. The average Bonchev–Trinajstić information content (AvgIpc) is 3.54. The van der Waals surface area contributed by atoms with Crippen LogP contribution in [0.25, 0.3) is 22.0 Å². The van der Waals surface area contributed by atoms with E-state index in [1.165, 1.54) is 6.92 Å². The number of pyridine rings is 1. The molecule has 13 heteroatoms. The van der Waals surface area contributed by atoms with Gasteiger partial charge in [-0.25, -0.2) is 19.3 Å². The number of rotatable bonds is 7. The minimum atomic E-state index is -0.843. The van der Waals surface area contributed by atoms with Crippen molar-refractivity contribution >= 4 is 50.1 Å². The van der Waals surface area contributed by atoms with Crippen molar-refractivity contribution in [1.82, 2.24) is 34.5 Å². The summed E-state index contributed by atoms with van der Waals surface area (Å²) in [6.45, 7) is 4.34. The molecule has 54 heavy (non-hydrogen) atoms. The number of ketones is 3. The second kappa shape index (κ2) is 14.6. The molecule has 1 saturated carbocycles. The monoisotopic (exact) mass is 795 g/mol. The van der Waals surface area contributed by atoms with Gasteiger partial charge in [-0.1, -0.05) is 18.2 Å². The molecule has 2 bridgehead atoms. The number of benzene rings is 1. The van der Waals surface area contributed by atoms with Crippen molar-refractivity contribution in [3.8, 4) is 11.1 Å². The van der Waals surface area contributed by atoms with Crippen molar-refractivity contribution < 1.29 is 23.6 Å². The number of allylic oxidation sites excluding steroid dienone is 2. The van der Waals surface area contributed by atoms with Gasteiger partial charge >= 0.3 is 0 Å². The molecule has 3 atom stereocenters. The van der Waals surface area contributed by atoms with Gasteiger partial charge in [0.25, 0.3) is 0 Å². The van der Waals surface area contributed by atoms with Gasteiger partial charge in [0.1, 0.15) is 34.6 Å². The lowest BCUT2D eigenvalue weighted by atomic mass is 9.90. The standard InChI is InChI=1S/C41H43BrFN7O4/c1-24(51)39-32-14-28(29-18-44-25(2)45-19-29)13-26-7-5-3-4-6-8-31(52)11-12-41-16-34(50(36(41)17-41)38(54)23-49(47-39)40(26)32)35(53)15-33-27(9-10-37(42)46-33)20-48-21-30(43)22-48/h3,5,9-10,13-14,18-19,30,34,36H,4,6-8,11-12,15-17,20-23H2,1-2H3/b5-3+/t34-,36+,41-/m0/s1. The Morgan fingerprint density at radius 2 is 1.83 bits per heavy atom. The summed E-state index contributed by atoms with van der Waals surface area (Å²) in [4.78, 5) is 72.3. The van der Waals surface area contributed by atoms with Gasteiger partial charge in [0.05, 0.1) is 23.7 Å². The number of alkyl halides is 1. The molecule has 280 valence electrons. The second-order valence-electron chi connectivity index (χ2n) is 15.5. The number of carbonyl (C=O) groups is 4. The molecule has 3 aromatic heterocycles. The van der Waals surface area contributed by atoms with E-state index in [9.17, 15) is 23.6 Å². The fourth-order valence-electron chi connectivity index (χ4n) is 8.70. The summed E-state index contributed by atoms with van der Waals surface area (Å²) in [5, 5.41) is 5.40. The molecule has 2 saturated heterocycles. The van der Waals surface area contributed by atoms with Crippen LogP contribution in [0.15, 0.2) is 53.4 Å². The van der Waals surface area contributed by atoms with Crippen molar-refractivity contribution in [2.24, 2.45) is 5.41 Å². The largest absolute Gasteiger partial charge is 0.327 e. The maximum atomic E-state index is 14.6. The molecule has 4 aromatic rings. The molecule has 1 amide bonds. The highest BCUT2D eigenvalue weighted by Gasteiger charge is 2.66. The number of Topliss-reactive ketones (excluding diaryl/α,β-unsaturated/α-hetero) is 3. The first kappa shape index (κ1) is 36.5. The third kappa shape index (κ3) is 7.20. The maximum Gasteiger partial charge on any atom is 0.245 e. The predicted molar refractivity (Wildman–Crippen MR) is 203 cm³/mol. The lowest BCUT2D eigenvalue weighted by Crippen LogP contribution is -2.47. The molecular formula is C41H43BrFN7O4. The summed E-state index contributed by atoms with van der Waals surface area (Å²) in [6, 6.07) is 6.84. The topological polar surface area (TPSA) is 131 Å². The van der Waals surface area contributed by atoms with Crippen LogP contribution in [-0.4, -0.2) is 89.1 Å². The molecule has 11 nitrogen and oxygen atoms in total. The number of carbonyl (C=O) groups excluding carboxylic acids is 4. The van der Waals surface area contributed by atoms with Crippen LogP contribution >= 0.6 is 15.9 Å². The molecule has 0 N–H and O–H groups in total. The van der Waals surface area contributed by atoms with Crippen LogP contribution in [0.1, 0.15) is 85.0 Å². The van der Waals surface area contributed by atoms with Crippen molar-refractivity contribution in [3.05, 3.63) is 81.8 Å². The van der Waals surface area contributed by atoms with Crippen LogP contribution in [0, 0.1) is 12.3 Å². The molecule has 1 aliphatic carbocycles. The number of hydrogen-bond donors (Lipinski definition) is 0. The van der Waals surface area contributed by atoms with Crippen LogP contribution in [0.2, 0.25) is 0 Å². The van der Waals surface area contributed by atoms with E-state index < -0.39 is 12.2 Å². The smallest absolute Gasteiger partial charge is 0.245 e. The van der Waals surface area contributed by atoms with E-state index in [1.54, 1.807) is 22.0 Å². The number of aryl methyl sites for hydroxylation is 1. The van der Waals surface area contributed by atoms with Gasteiger partial charge in [-0.05, 0) is 102 Å². The normalized spacial score (nSPS) is 24.3. The highest BCUT2D eigenvalue weighted by atomic mass is 79.9. The Balaban J connectivity index is 1.16. The number of amides is 1. The maximum absolute atomic E-state index is 14.6. The summed E-state index contributed by atoms with van der Waals surface area (Å²) < 4.78 is 15.9. The summed E-state index contributed by atoms with van der Waals surface area (Å²) in [7, 11) is 0. The van der Waals surface area contributed by atoms with E-state index in [-0.39, 0.29) is 53.4 Å². The Morgan fingerprint density at radius 3 is 2.59 bits per heavy atom. The molecule has 0 spiro atoms. The summed E-state index contributed by atoms with van der Waals surface area (Å²) in [6.07, 6.45) is 11.6. The van der Waals surface area contributed by atoms with Crippen molar-refractivity contribution in [2.75, 3.05) is 13.1 Å². The van der Waals surface area contributed by atoms with Gasteiger partial charge in [-0.2, -0.15) is 5.10 Å². The van der Waals surface area contributed by atoms with Crippen LogP contribution in [0.5, 0.6) is 0 Å². The van der Waals surface area contributed by atoms with Crippen molar-refractivity contribution in [3.63, 3.8) is 0 Å². The van der Waals surface area contributed by atoms with Gasteiger partial charge in [-0.15, -0.1) is 0 Å². The lowest BCUT2D eigenvalue weighted by molar-refractivity contribution is -0.139. The number of aromatic nitrogens is 5. The zero-order valence-corrected chi connectivity index (χ0v) is 32.1. The molecule has 1 aromatic carbocycles. The van der Waals surface area contributed by atoms with E-state index in [0.29, 0.717) is 78.8 Å². The molecule has 4 aliphatic rings. The molecule has 0 radical (unpaired) electrons. The Morgan fingerprint density at radius 1 is 1.04 bits per heavy atom. The van der Waals surface area contributed by atoms with Crippen molar-refractivity contribution in [1.29, 1.82) is 0 Å². The number of likely N-dealkylation sites (tertiary alicyclic amines) is 1. The van der Waals surface area contributed by atoms with Gasteiger partial charge in [-0.3, -0.25) is 28.8 Å². The zero-order valence-electron chi connectivity index (χ0n) is 30.6. The fourth-order valence-corrected chi connectivity index (χ4v) is 9.04. The van der Waals surface area contributed by atoms with Crippen LogP contribution in [0.4, 0.5) is 4.39 Å². The van der Waals surface area contributed by atoms with Gasteiger partial charge in [0.2, 0.25) is 5.91 Å². The Hall–Kier alpha value is -4.49. The lowest BCUT2D eigenvalue weighted by Gasteiger charge is -2.34. The van der Waals surface area contributed by atoms with Gasteiger partial charge in [0, 0.05) is 68.8 Å². The number of nitrogens with zero attached hydrogens (tertiary/aromatic N) is 7. The zero-order chi connectivity index (χ0) is 37.7. The summed E-state index contributed by atoms with van der Waals surface area (Å²) in [5.74, 6) is 0.277. The first-order valence-electron chi connectivity index (χ1n) is 18.8. The second-order valence-corrected chi connectivity index (χ2v) is 16.3. The minimum absolute atomic E-state index is 0.0268. The predicted octanol–water partition coefficient (Wildman–Crippen LogP) is 6.12. The molecule has 0 unspecified atom stereocenters. The van der Waals surface area contributed by atoms with E-state index >= 15 is 0 Å². The SMILES string of the molecule is CC(=O)c1nn2c3c(cc(-c4cnc(C)nc4)cc13)C/C=C/CCCC(=O)CC[C@@]13C[C@@H](C(=O)Cc4nc(Br)ccc4CN4CC(F)C4)N(C(=O)C2)[C@@H]1C3. The molecule has 3 aliphatic heterocycles. The van der Waals surface area contributed by atoms with E-state index in [2.05, 4.69) is 43.0 Å². The minimum Gasteiger partial charge on any atom is -0.327 e. The van der Waals surface area contributed by atoms with Crippen LogP contribution in [-0.2, 0) is 40.3 Å². The third-order valence-electron chi connectivity index (χ3n) is 11.6. The molecule has 8 rings (SSSR count). The molecule has 6 heterocycles. The van der Waals surface area contributed by atoms with Crippen LogP contribution in [0.3, 0.4) is 0 Å². The summed E-state index contributed by atoms with van der Waals surface area (Å²) in [5.41, 5.74) is 4.66. The van der Waals surface area contributed by atoms with E-state index in [1.807, 2.05) is 36.1 Å². The highest BCUT2D eigenvalue weighted by Crippen LogP contribution is 2.62. The summed E-state index contributed by atoms with van der Waals surface area (Å²) >= 11 is 3.46. The molecular weight excluding hydrogens is 753 g/mol. The van der Waals surface area contributed by atoms with E-state index in [4.69, 9.17) is 5.10 Å². The first-order chi connectivity index (χ1) is 26.0. The number of halogens is 2. The van der Waals surface area contributed by atoms with Gasteiger partial charge in [0.15, 0.2) is 11.6 Å².